The van der Waals surface area contributed by atoms with E-state index in [1.807, 2.05) is 12.4 Å². The summed E-state index contributed by atoms with van der Waals surface area (Å²) in [4.78, 5) is 5.41. The third-order valence-electron chi connectivity index (χ3n) is 2.35. The average Bonchev–Trinajstić information content (AvgIpc) is 2.61. The van der Waals surface area contributed by atoms with Gasteiger partial charge in [-0.1, -0.05) is 4.49 Å². The second-order valence-electron chi connectivity index (χ2n) is 3.14. The highest BCUT2D eigenvalue weighted by Crippen LogP contribution is 2.26. The maximum absolute atomic E-state index is 4.11. The zero-order valence-electron chi connectivity index (χ0n) is 6.90. The summed E-state index contributed by atoms with van der Waals surface area (Å²) in [7, 11) is 0. The lowest BCUT2D eigenvalue weighted by Gasteiger charge is -2.12. The second kappa shape index (κ2) is 2.60. The van der Waals surface area contributed by atoms with E-state index >= 15 is 0 Å². The van der Waals surface area contributed by atoms with Crippen molar-refractivity contribution in [1.29, 1.82) is 0 Å². The number of hydrogen-bond donors (Lipinski definition) is 0. The lowest BCUT2D eigenvalue weighted by molar-refractivity contribution is 0.933. The molecule has 2 heterocycles. The monoisotopic (exact) mass is 189 g/mol. The molecule has 0 aromatic carbocycles. The second-order valence-corrected chi connectivity index (χ2v) is 3.98. The Morgan fingerprint density at radius 1 is 1.23 bits per heavy atom. The minimum Gasteiger partial charge on any atom is -0.264 e. The number of rotatable bonds is 0. The molecule has 1 aliphatic rings. The number of nitrogens with zero attached hydrogens (tertiary/aromatic N) is 3. The van der Waals surface area contributed by atoms with E-state index in [4.69, 9.17) is 0 Å². The highest BCUT2D eigenvalue weighted by Gasteiger charge is 2.17. The lowest BCUT2D eigenvalue weighted by atomic mass is 9.96. The molecule has 0 spiro atoms. The Hall–Kier alpha value is -1.29. The number of fused-ring (bicyclic) bond motifs is 2. The van der Waals surface area contributed by atoms with Crippen molar-refractivity contribution in [3.63, 3.8) is 0 Å². The quantitative estimate of drug-likeness (QED) is 0.537. The van der Waals surface area contributed by atoms with Crippen molar-refractivity contribution in [3.05, 3.63) is 40.2 Å². The molecule has 0 unspecified atom stereocenters. The minimum atomic E-state index is 0.898. The first-order valence-electron chi connectivity index (χ1n) is 4.15. The van der Waals surface area contributed by atoms with E-state index in [0.717, 1.165) is 18.5 Å². The molecule has 0 bridgehead atoms. The highest BCUT2D eigenvalue weighted by molar-refractivity contribution is 7.05. The van der Waals surface area contributed by atoms with Crippen LogP contribution in [0.3, 0.4) is 0 Å². The smallest absolute Gasteiger partial charge is 0.0835 e. The van der Waals surface area contributed by atoms with Gasteiger partial charge >= 0.3 is 0 Å². The van der Waals surface area contributed by atoms with E-state index in [1.165, 1.54) is 27.5 Å². The van der Waals surface area contributed by atoms with Crippen molar-refractivity contribution in [1.82, 2.24) is 14.6 Å². The summed E-state index contributed by atoms with van der Waals surface area (Å²) in [5.74, 6) is 0. The summed E-state index contributed by atoms with van der Waals surface area (Å²) in [5.41, 5.74) is 3.79. The van der Waals surface area contributed by atoms with Crippen molar-refractivity contribution in [2.45, 2.75) is 12.8 Å². The fourth-order valence-corrected chi connectivity index (χ4v) is 2.31. The Bertz CT molecular complexity index is 410. The first kappa shape index (κ1) is 7.15. The largest absolute Gasteiger partial charge is 0.264 e. The normalized spacial score (nSPS) is 13.5. The minimum absolute atomic E-state index is 0.898. The zero-order chi connectivity index (χ0) is 8.67. The van der Waals surface area contributed by atoms with E-state index < -0.39 is 0 Å². The van der Waals surface area contributed by atoms with Crippen molar-refractivity contribution in [2.75, 3.05) is 0 Å². The molecule has 0 atom stereocenters. The van der Waals surface area contributed by atoms with E-state index in [1.54, 1.807) is 0 Å². The molecular formula is C9H7N3S. The molecule has 1 aliphatic carbocycles. The van der Waals surface area contributed by atoms with Gasteiger partial charge in [-0.05, 0) is 28.7 Å². The Kier molecular flexibility index (Phi) is 1.43. The van der Waals surface area contributed by atoms with Gasteiger partial charge in [0.25, 0.3) is 0 Å². The third kappa shape index (κ3) is 1.06. The Morgan fingerprint density at radius 2 is 2.23 bits per heavy atom. The maximum Gasteiger partial charge on any atom is 0.0835 e. The van der Waals surface area contributed by atoms with Crippen molar-refractivity contribution in [3.8, 4) is 0 Å². The summed E-state index contributed by atoms with van der Waals surface area (Å²) in [6.07, 6.45) is 5.65. The highest BCUT2D eigenvalue weighted by atomic mass is 32.1. The Labute approximate surface area is 79.6 Å². The number of pyridine rings is 1. The van der Waals surface area contributed by atoms with Crippen LogP contribution in [0.4, 0.5) is 0 Å². The lowest BCUT2D eigenvalue weighted by Crippen LogP contribution is -2.05. The van der Waals surface area contributed by atoms with Gasteiger partial charge in [-0.25, -0.2) is 0 Å². The van der Waals surface area contributed by atoms with Crippen LogP contribution in [0.5, 0.6) is 0 Å². The van der Waals surface area contributed by atoms with Gasteiger partial charge in [-0.2, -0.15) is 0 Å². The fourth-order valence-electron chi connectivity index (χ4n) is 1.64. The van der Waals surface area contributed by atoms with Gasteiger partial charge in [0.2, 0.25) is 0 Å². The van der Waals surface area contributed by atoms with Gasteiger partial charge < -0.3 is 0 Å². The van der Waals surface area contributed by atoms with E-state index in [-0.39, 0.29) is 0 Å². The molecule has 0 amide bonds. The molecule has 2 aromatic rings. The predicted octanol–water partition coefficient (Wildman–Crippen LogP) is 1.43. The van der Waals surface area contributed by atoms with Crippen LogP contribution in [0.15, 0.2) is 18.5 Å². The predicted molar refractivity (Wildman–Crippen MR) is 49.8 cm³/mol. The summed E-state index contributed by atoms with van der Waals surface area (Å²) in [6.45, 7) is 0. The zero-order valence-corrected chi connectivity index (χ0v) is 7.71. The molecule has 13 heavy (non-hydrogen) atoms. The van der Waals surface area contributed by atoms with E-state index in [0.29, 0.717) is 0 Å². The van der Waals surface area contributed by atoms with Crippen LogP contribution in [-0.2, 0) is 12.8 Å². The first-order valence-corrected chi connectivity index (χ1v) is 4.92. The van der Waals surface area contributed by atoms with Crippen LogP contribution in [0.2, 0.25) is 0 Å². The molecule has 0 aliphatic heterocycles. The van der Waals surface area contributed by atoms with Crippen LogP contribution < -0.4 is 0 Å². The molecular weight excluding hydrogens is 182 g/mol. The van der Waals surface area contributed by atoms with Gasteiger partial charge in [-0.3, -0.25) is 4.98 Å². The first-order chi connectivity index (χ1) is 6.43. The summed E-state index contributed by atoms with van der Waals surface area (Å²) < 4.78 is 3.96. The molecule has 4 heteroatoms. The molecule has 0 N–H and O–H groups in total. The van der Waals surface area contributed by atoms with Crippen LogP contribution in [0.25, 0.3) is 0 Å². The molecule has 0 radical (unpaired) electrons. The van der Waals surface area contributed by atoms with Crippen molar-refractivity contribution >= 4 is 11.5 Å². The van der Waals surface area contributed by atoms with Crippen LogP contribution in [0.1, 0.15) is 21.7 Å². The Morgan fingerprint density at radius 3 is 3.23 bits per heavy atom. The van der Waals surface area contributed by atoms with Crippen molar-refractivity contribution < 1.29 is 0 Å². The average molecular weight is 189 g/mol. The topological polar surface area (TPSA) is 38.7 Å². The van der Waals surface area contributed by atoms with E-state index in [9.17, 15) is 0 Å². The van der Waals surface area contributed by atoms with Crippen LogP contribution in [0, 0.1) is 0 Å². The summed E-state index contributed by atoms with van der Waals surface area (Å²) >= 11 is 1.51. The molecule has 0 saturated heterocycles. The standard InChI is InChI=1S/C9H7N3S/c1-2-10-5-7-3-8-9(4-6(1)7)13-12-11-8/h1-2,5H,3-4H2. The number of aromatic nitrogens is 3. The van der Waals surface area contributed by atoms with Gasteiger partial charge in [-0.15, -0.1) is 5.10 Å². The molecule has 3 nitrogen and oxygen atoms in total. The number of hydrogen-bond acceptors (Lipinski definition) is 4. The molecule has 2 aromatic heterocycles. The molecule has 64 valence electrons. The van der Waals surface area contributed by atoms with Crippen LogP contribution in [-0.4, -0.2) is 14.6 Å². The molecule has 0 saturated carbocycles. The third-order valence-corrected chi connectivity index (χ3v) is 3.11. The van der Waals surface area contributed by atoms with E-state index in [2.05, 4.69) is 20.6 Å². The SMILES string of the molecule is c1cc2c(cn1)Cc1nnsc1C2. The summed E-state index contributed by atoms with van der Waals surface area (Å²) in [6, 6.07) is 2.08. The summed E-state index contributed by atoms with van der Waals surface area (Å²) in [5, 5.41) is 4.10. The van der Waals surface area contributed by atoms with Gasteiger partial charge in [0.15, 0.2) is 0 Å². The van der Waals surface area contributed by atoms with Crippen molar-refractivity contribution in [2.24, 2.45) is 0 Å². The van der Waals surface area contributed by atoms with Gasteiger partial charge in [0.05, 0.1) is 10.6 Å². The van der Waals surface area contributed by atoms with Crippen LogP contribution >= 0.6 is 11.5 Å². The fraction of sp³-hybridized carbons (Fsp3) is 0.222. The molecule has 0 fully saturated rings. The molecule has 3 rings (SSSR count). The Balaban J connectivity index is 2.14. The maximum atomic E-state index is 4.11. The van der Waals surface area contributed by atoms with Gasteiger partial charge in [0, 0.05) is 25.2 Å². The van der Waals surface area contributed by atoms with Gasteiger partial charge in [0.1, 0.15) is 0 Å².